The third-order valence-electron chi connectivity index (χ3n) is 5.52. The van der Waals surface area contributed by atoms with Gasteiger partial charge in [-0.05, 0) is 75.9 Å². The van der Waals surface area contributed by atoms with Gasteiger partial charge >= 0.3 is 0 Å². The van der Waals surface area contributed by atoms with E-state index in [1.807, 2.05) is 38.1 Å². The number of hydrogen-bond acceptors (Lipinski definition) is 6. The molecule has 1 unspecified atom stereocenters. The highest BCUT2D eigenvalue weighted by Crippen LogP contribution is 2.40. The summed E-state index contributed by atoms with van der Waals surface area (Å²) in [5, 5.41) is 11.2. The summed E-state index contributed by atoms with van der Waals surface area (Å²) in [4.78, 5) is 29.8. The number of Topliss-reactive ketones (excluding diaryl/α,β-unsaturated/α-hetero) is 1. The standard InChI is InChI=1S/C27H32N2O5/c1-5-17-34-22-10-7-9-20(18-22)24-23(25(30)19-11-13-21(14-12-19)33-6-2)26(31)27(32)29(24)16-8-15-28(3)4/h5,7,9-14,18,24,30H,1,6,8,15-17H2,2-4H3. The number of amides is 1. The zero-order valence-electron chi connectivity index (χ0n) is 20.0. The lowest BCUT2D eigenvalue weighted by atomic mass is 9.95. The molecule has 1 saturated heterocycles. The highest BCUT2D eigenvalue weighted by molar-refractivity contribution is 6.46. The summed E-state index contributed by atoms with van der Waals surface area (Å²) in [5.74, 6) is -0.268. The summed E-state index contributed by atoms with van der Waals surface area (Å²) in [6.07, 6.45) is 2.33. The van der Waals surface area contributed by atoms with Gasteiger partial charge in [-0.15, -0.1) is 0 Å². The van der Waals surface area contributed by atoms with Gasteiger partial charge in [-0.1, -0.05) is 24.8 Å². The molecule has 1 N–H and O–H groups in total. The predicted molar refractivity (Wildman–Crippen MR) is 132 cm³/mol. The maximum Gasteiger partial charge on any atom is 0.295 e. The summed E-state index contributed by atoms with van der Waals surface area (Å²) >= 11 is 0. The van der Waals surface area contributed by atoms with E-state index in [0.717, 1.165) is 6.54 Å². The van der Waals surface area contributed by atoms with Gasteiger partial charge in [0.2, 0.25) is 0 Å². The van der Waals surface area contributed by atoms with Gasteiger partial charge in [0.1, 0.15) is 23.9 Å². The Balaban J connectivity index is 2.06. The highest BCUT2D eigenvalue weighted by atomic mass is 16.5. The van der Waals surface area contributed by atoms with Crippen molar-refractivity contribution in [2.24, 2.45) is 0 Å². The fourth-order valence-electron chi connectivity index (χ4n) is 3.98. The first-order valence-corrected chi connectivity index (χ1v) is 11.4. The molecule has 0 bridgehead atoms. The molecule has 0 aliphatic carbocycles. The molecule has 7 nitrogen and oxygen atoms in total. The topological polar surface area (TPSA) is 79.3 Å². The number of ether oxygens (including phenoxy) is 2. The molecule has 2 aromatic carbocycles. The smallest absolute Gasteiger partial charge is 0.295 e. The summed E-state index contributed by atoms with van der Waals surface area (Å²) in [5.41, 5.74) is 1.21. The number of hydrogen-bond donors (Lipinski definition) is 1. The van der Waals surface area contributed by atoms with E-state index in [9.17, 15) is 14.7 Å². The van der Waals surface area contributed by atoms with Crippen molar-refractivity contribution in [3.05, 3.63) is 77.9 Å². The van der Waals surface area contributed by atoms with E-state index < -0.39 is 17.7 Å². The second-order valence-corrected chi connectivity index (χ2v) is 8.28. The molecule has 180 valence electrons. The van der Waals surface area contributed by atoms with Crippen molar-refractivity contribution >= 4 is 17.4 Å². The van der Waals surface area contributed by atoms with E-state index in [1.54, 1.807) is 47.4 Å². The normalized spacial score (nSPS) is 17.3. The predicted octanol–water partition coefficient (Wildman–Crippen LogP) is 4.02. The van der Waals surface area contributed by atoms with Crippen molar-refractivity contribution in [3.8, 4) is 11.5 Å². The van der Waals surface area contributed by atoms with Crippen molar-refractivity contribution in [1.29, 1.82) is 0 Å². The molecule has 3 rings (SSSR count). The number of benzene rings is 2. The SMILES string of the molecule is C=CCOc1cccc(C2C(=C(O)c3ccc(OCC)cc3)C(=O)C(=O)N2CCCN(C)C)c1. The van der Waals surface area contributed by atoms with Crippen LogP contribution in [0, 0.1) is 0 Å². The number of rotatable bonds is 11. The van der Waals surface area contributed by atoms with Crippen LogP contribution >= 0.6 is 0 Å². The number of likely N-dealkylation sites (tertiary alicyclic amines) is 1. The second kappa shape index (κ2) is 11.5. The molecule has 0 radical (unpaired) electrons. The molecule has 0 saturated carbocycles. The van der Waals surface area contributed by atoms with E-state index in [-0.39, 0.29) is 11.3 Å². The molecule has 2 aromatic rings. The van der Waals surface area contributed by atoms with Crippen LogP contribution in [0.15, 0.2) is 66.8 Å². The number of aliphatic hydroxyl groups excluding tert-OH is 1. The zero-order valence-corrected chi connectivity index (χ0v) is 20.0. The molecule has 0 spiro atoms. The molecule has 1 atom stereocenters. The molecule has 1 heterocycles. The molecule has 7 heteroatoms. The summed E-state index contributed by atoms with van der Waals surface area (Å²) in [6.45, 7) is 7.55. The Morgan fingerprint density at radius 1 is 1.12 bits per heavy atom. The van der Waals surface area contributed by atoms with E-state index in [0.29, 0.717) is 48.8 Å². The lowest BCUT2D eigenvalue weighted by Gasteiger charge is -2.26. The van der Waals surface area contributed by atoms with Gasteiger partial charge in [-0.2, -0.15) is 0 Å². The highest BCUT2D eigenvalue weighted by Gasteiger charge is 2.45. The van der Waals surface area contributed by atoms with Gasteiger partial charge in [0.05, 0.1) is 18.2 Å². The first-order chi connectivity index (χ1) is 16.4. The summed E-state index contributed by atoms with van der Waals surface area (Å²) in [7, 11) is 3.91. The van der Waals surface area contributed by atoms with Crippen LogP contribution < -0.4 is 9.47 Å². The van der Waals surface area contributed by atoms with Crippen molar-refractivity contribution in [2.75, 3.05) is 40.4 Å². The molecule has 0 aromatic heterocycles. The van der Waals surface area contributed by atoms with Crippen LogP contribution in [-0.2, 0) is 9.59 Å². The van der Waals surface area contributed by atoms with Gasteiger partial charge in [0, 0.05) is 12.1 Å². The van der Waals surface area contributed by atoms with Crippen molar-refractivity contribution < 1.29 is 24.2 Å². The molecule has 34 heavy (non-hydrogen) atoms. The van der Waals surface area contributed by atoms with Crippen LogP contribution in [0.3, 0.4) is 0 Å². The molecule has 1 aliphatic heterocycles. The van der Waals surface area contributed by atoms with E-state index in [1.165, 1.54) is 0 Å². The number of aliphatic hydroxyl groups is 1. The largest absolute Gasteiger partial charge is 0.507 e. The summed E-state index contributed by atoms with van der Waals surface area (Å²) in [6, 6.07) is 13.3. The first-order valence-electron chi connectivity index (χ1n) is 11.4. The van der Waals surface area contributed by atoms with Gasteiger partial charge in [0.15, 0.2) is 0 Å². The third-order valence-corrected chi connectivity index (χ3v) is 5.52. The minimum absolute atomic E-state index is 0.0693. The van der Waals surface area contributed by atoms with Crippen LogP contribution in [0.4, 0.5) is 0 Å². The van der Waals surface area contributed by atoms with Gasteiger partial charge in [-0.25, -0.2) is 0 Å². The Kier molecular flexibility index (Phi) is 8.49. The first kappa shape index (κ1) is 25.1. The van der Waals surface area contributed by atoms with Crippen molar-refractivity contribution in [2.45, 2.75) is 19.4 Å². The van der Waals surface area contributed by atoms with Crippen LogP contribution in [0.25, 0.3) is 5.76 Å². The monoisotopic (exact) mass is 464 g/mol. The minimum Gasteiger partial charge on any atom is -0.507 e. The zero-order chi connectivity index (χ0) is 24.7. The Labute approximate surface area is 200 Å². The van der Waals surface area contributed by atoms with Gasteiger partial charge in [0.25, 0.3) is 11.7 Å². The Hall–Kier alpha value is -3.58. The quantitative estimate of drug-likeness (QED) is 0.234. The minimum atomic E-state index is -0.721. The van der Waals surface area contributed by atoms with Crippen LogP contribution in [-0.4, -0.2) is 67.0 Å². The van der Waals surface area contributed by atoms with E-state index in [4.69, 9.17) is 9.47 Å². The van der Waals surface area contributed by atoms with Gasteiger partial charge in [-0.3, -0.25) is 9.59 Å². The Morgan fingerprint density at radius 3 is 2.50 bits per heavy atom. The number of ketones is 1. The van der Waals surface area contributed by atoms with Crippen molar-refractivity contribution in [1.82, 2.24) is 9.80 Å². The maximum absolute atomic E-state index is 13.1. The number of nitrogens with zero attached hydrogens (tertiary/aromatic N) is 2. The fraction of sp³-hybridized carbons (Fsp3) is 0.333. The Morgan fingerprint density at radius 2 is 1.85 bits per heavy atom. The third kappa shape index (κ3) is 5.66. The lowest BCUT2D eigenvalue weighted by Crippen LogP contribution is -2.32. The van der Waals surface area contributed by atoms with Crippen molar-refractivity contribution in [3.63, 3.8) is 0 Å². The maximum atomic E-state index is 13.1. The molecular weight excluding hydrogens is 432 g/mol. The molecule has 1 fully saturated rings. The van der Waals surface area contributed by atoms with E-state index in [2.05, 4.69) is 6.58 Å². The molecule has 1 amide bonds. The molecular formula is C27H32N2O5. The number of carbonyl (C=O) groups excluding carboxylic acids is 2. The van der Waals surface area contributed by atoms with Crippen LogP contribution in [0.5, 0.6) is 11.5 Å². The Bertz CT molecular complexity index is 1060. The number of carbonyl (C=O) groups is 2. The lowest BCUT2D eigenvalue weighted by molar-refractivity contribution is -0.139. The average molecular weight is 465 g/mol. The summed E-state index contributed by atoms with van der Waals surface area (Å²) < 4.78 is 11.1. The van der Waals surface area contributed by atoms with Gasteiger partial charge < -0.3 is 24.4 Å². The fourth-order valence-corrected chi connectivity index (χ4v) is 3.98. The van der Waals surface area contributed by atoms with Crippen LogP contribution in [0.1, 0.15) is 30.5 Å². The van der Waals surface area contributed by atoms with E-state index >= 15 is 0 Å². The molecule has 1 aliphatic rings. The second-order valence-electron chi connectivity index (χ2n) is 8.28. The van der Waals surface area contributed by atoms with Crippen LogP contribution in [0.2, 0.25) is 0 Å². The average Bonchev–Trinajstić information content (AvgIpc) is 3.08.